The molecule has 0 fully saturated rings. The summed E-state index contributed by atoms with van der Waals surface area (Å²) < 4.78 is 10.4. The van der Waals surface area contributed by atoms with Gasteiger partial charge in [0, 0.05) is 0 Å². The molecule has 0 aliphatic heterocycles. The molecule has 0 heterocycles. The molecule has 1 aromatic carbocycles. The van der Waals surface area contributed by atoms with E-state index >= 15 is 0 Å². The standard InChI is InChI=1S/C15H24N2O3/c1-9(2)14(16)15(18)17-10(3)11-6-7-12(19-4)13(8-11)20-5/h6-10,14H,16H2,1-5H3,(H,17,18)/t10?,14-/m0/s1. The van der Waals surface area contributed by atoms with Gasteiger partial charge in [0.15, 0.2) is 11.5 Å². The van der Waals surface area contributed by atoms with Crippen LogP contribution in [0.3, 0.4) is 0 Å². The zero-order valence-corrected chi connectivity index (χ0v) is 12.8. The summed E-state index contributed by atoms with van der Waals surface area (Å²) in [5, 5.41) is 2.91. The number of carbonyl (C=O) groups is 1. The van der Waals surface area contributed by atoms with E-state index in [4.69, 9.17) is 15.2 Å². The molecule has 0 saturated heterocycles. The van der Waals surface area contributed by atoms with Crippen LogP contribution >= 0.6 is 0 Å². The summed E-state index contributed by atoms with van der Waals surface area (Å²) in [4.78, 5) is 12.0. The van der Waals surface area contributed by atoms with Crippen LogP contribution < -0.4 is 20.5 Å². The van der Waals surface area contributed by atoms with Gasteiger partial charge in [-0.15, -0.1) is 0 Å². The number of amides is 1. The number of carbonyl (C=O) groups excluding carboxylic acids is 1. The van der Waals surface area contributed by atoms with Gasteiger partial charge in [0.25, 0.3) is 0 Å². The van der Waals surface area contributed by atoms with Crippen LogP contribution in [0.4, 0.5) is 0 Å². The molecule has 0 bridgehead atoms. The minimum absolute atomic E-state index is 0.104. The van der Waals surface area contributed by atoms with E-state index in [1.54, 1.807) is 14.2 Å². The zero-order chi connectivity index (χ0) is 15.3. The molecule has 0 spiro atoms. The highest BCUT2D eigenvalue weighted by Crippen LogP contribution is 2.29. The van der Waals surface area contributed by atoms with Crippen molar-refractivity contribution in [1.29, 1.82) is 0 Å². The molecule has 5 nitrogen and oxygen atoms in total. The van der Waals surface area contributed by atoms with Crippen molar-refractivity contribution in [3.63, 3.8) is 0 Å². The Labute approximate surface area is 120 Å². The molecule has 1 rings (SSSR count). The third-order valence-corrected chi connectivity index (χ3v) is 3.29. The Kier molecular flexibility index (Phi) is 5.82. The zero-order valence-electron chi connectivity index (χ0n) is 12.8. The Hall–Kier alpha value is -1.75. The molecule has 0 aromatic heterocycles. The molecule has 2 atom stereocenters. The molecule has 0 aliphatic carbocycles. The van der Waals surface area contributed by atoms with Gasteiger partial charge in [-0.2, -0.15) is 0 Å². The number of benzene rings is 1. The Morgan fingerprint density at radius 2 is 1.75 bits per heavy atom. The highest BCUT2D eigenvalue weighted by molar-refractivity contribution is 5.82. The lowest BCUT2D eigenvalue weighted by Gasteiger charge is -2.20. The van der Waals surface area contributed by atoms with Crippen LogP contribution in [0, 0.1) is 5.92 Å². The molecule has 112 valence electrons. The summed E-state index contributed by atoms with van der Waals surface area (Å²) in [6.07, 6.45) is 0. The van der Waals surface area contributed by atoms with Crippen molar-refractivity contribution in [2.45, 2.75) is 32.9 Å². The number of nitrogens with two attached hydrogens (primary N) is 1. The van der Waals surface area contributed by atoms with Crippen molar-refractivity contribution in [2.75, 3.05) is 14.2 Å². The second-order valence-corrected chi connectivity index (χ2v) is 5.11. The van der Waals surface area contributed by atoms with Gasteiger partial charge in [-0.3, -0.25) is 4.79 Å². The average molecular weight is 280 g/mol. The van der Waals surface area contributed by atoms with Gasteiger partial charge in [0.2, 0.25) is 5.91 Å². The number of hydrogen-bond acceptors (Lipinski definition) is 4. The van der Waals surface area contributed by atoms with Crippen molar-refractivity contribution in [2.24, 2.45) is 11.7 Å². The quantitative estimate of drug-likeness (QED) is 0.834. The van der Waals surface area contributed by atoms with Gasteiger partial charge in [-0.25, -0.2) is 0 Å². The van der Waals surface area contributed by atoms with Gasteiger partial charge in [0.05, 0.1) is 26.3 Å². The number of methoxy groups -OCH3 is 2. The third-order valence-electron chi connectivity index (χ3n) is 3.29. The van der Waals surface area contributed by atoms with Gasteiger partial charge < -0.3 is 20.5 Å². The first-order valence-electron chi connectivity index (χ1n) is 6.68. The molecule has 1 aromatic rings. The maximum absolute atomic E-state index is 12.0. The van der Waals surface area contributed by atoms with Gasteiger partial charge in [0.1, 0.15) is 0 Å². The summed E-state index contributed by atoms with van der Waals surface area (Å²) in [5.41, 5.74) is 6.77. The number of hydrogen-bond donors (Lipinski definition) is 2. The maximum atomic E-state index is 12.0. The summed E-state index contributed by atoms with van der Waals surface area (Å²) in [6, 6.07) is 4.92. The minimum Gasteiger partial charge on any atom is -0.493 e. The van der Waals surface area contributed by atoms with E-state index in [0.717, 1.165) is 5.56 Å². The monoisotopic (exact) mass is 280 g/mol. The largest absolute Gasteiger partial charge is 0.493 e. The summed E-state index contributed by atoms with van der Waals surface area (Å²) >= 11 is 0. The number of rotatable bonds is 6. The topological polar surface area (TPSA) is 73.6 Å². The van der Waals surface area contributed by atoms with Crippen LogP contribution in [0.1, 0.15) is 32.4 Å². The fraction of sp³-hybridized carbons (Fsp3) is 0.533. The lowest BCUT2D eigenvalue weighted by Crippen LogP contribution is -2.44. The summed E-state index contributed by atoms with van der Waals surface area (Å²) in [5.74, 6) is 1.25. The normalized spacial score (nSPS) is 13.8. The van der Waals surface area contributed by atoms with E-state index in [2.05, 4.69) is 5.32 Å². The molecule has 1 amide bonds. The summed E-state index contributed by atoms with van der Waals surface area (Å²) in [6.45, 7) is 5.75. The van der Waals surface area contributed by atoms with Crippen molar-refractivity contribution < 1.29 is 14.3 Å². The van der Waals surface area contributed by atoms with Crippen LogP contribution in [-0.2, 0) is 4.79 Å². The van der Waals surface area contributed by atoms with Gasteiger partial charge in [-0.1, -0.05) is 19.9 Å². The first-order chi connectivity index (χ1) is 9.40. The molecule has 0 saturated carbocycles. The van der Waals surface area contributed by atoms with Crippen LogP contribution in [-0.4, -0.2) is 26.2 Å². The number of ether oxygens (including phenoxy) is 2. The SMILES string of the molecule is COc1ccc(C(C)NC(=O)[C@@H](N)C(C)C)cc1OC. The van der Waals surface area contributed by atoms with Gasteiger partial charge in [-0.05, 0) is 30.5 Å². The van der Waals surface area contributed by atoms with E-state index in [1.165, 1.54) is 0 Å². The molecule has 0 aliphatic rings. The van der Waals surface area contributed by atoms with Crippen LogP contribution in [0.2, 0.25) is 0 Å². The van der Waals surface area contributed by atoms with Crippen LogP contribution in [0.15, 0.2) is 18.2 Å². The second kappa shape index (κ2) is 7.14. The van der Waals surface area contributed by atoms with E-state index in [9.17, 15) is 4.79 Å². The minimum atomic E-state index is -0.502. The van der Waals surface area contributed by atoms with Crippen molar-refractivity contribution >= 4 is 5.91 Å². The molecule has 1 unspecified atom stereocenters. The fourth-order valence-electron chi connectivity index (χ4n) is 1.82. The third kappa shape index (κ3) is 3.87. The van der Waals surface area contributed by atoms with Crippen molar-refractivity contribution in [3.8, 4) is 11.5 Å². The fourth-order valence-corrected chi connectivity index (χ4v) is 1.82. The highest BCUT2D eigenvalue weighted by atomic mass is 16.5. The lowest BCUT2D eigenvalue weighted by molar-refractivity contribution is -0.123. The average Bonchev–Trinajstić information content (AvgIpc) is 2.45. The van der Waals surface area contributed by atoms with Crippen molar-refractivity contribution in [1.82, 2.24) is 5.32 Å². The van der Waals surface area contributed by atoms with Gasteiger partial charge >= 0.3 is 0 Å². The number of nitrogens with one attached hydrogen (secondary N) is 1. The van der Waals surface area contributed by atoms with Crippen molar-refractivity contribution in [3.05, 3.63) is 23.8 Å². The van der Waals surface area contributed by atoms with Crippen LogP contribution in [0.5, 0.6) is 11.5 Å². The van der Waals surface area contributed by atoms with Crippen LogP contribution in [0.25, 0.3) is 0 Å². The molecular formula is C15H24N2O3. The second-order valence-electron chi connectivity index (χ2n) is 5.11. The highest BCUT2D eigenvalue weighted by Gasteiger charge is 2.20. The smallest absolute Gasteiger partial charge is 0.237 e. The van der Waals surface area contributed by atoms with E-state index in [1.807, 2.05) is 39.0 Å². The molecular weight excluding hydrogens is 256 g/mol. The first-order valence-corrected chi connectivity index (χ1v) is 6.68. The molecule has 20 heavy (non-hydrogen) atoms. The molecule has 3 N–H and O–H groups in total. The first kappa shape index (κ1) is 16.3. The Bertz CT molecular complexity index is 460. The maximum Gasteiger partial charge on any atom is 0.237 e. The van der Waals surface area contributed by atoms with E-state index < -0.39 is 6.04 Å². The van der Waals surface area contributed by atoms with E-state index in [-0.39, 0.29) is 17.9 Å². The molecule has 5 heteroatoms. The van der Waals surface area contributed by atoms with E-state index in [0.29, 0.717) is 11.5 Å². The molecule has 0 radical (unpaired) electrons. The Balaban J connectivity index is 2.82. The summed E-state index contributed by atoms with van der Waals surface area (Å²) in [7, 11) is 3.17. The lowest BCUT2D eigenvalue weighted by atomic mass is 10.0. The Morgan fingerprint density at radius 3 is 2.25 bits per heavy atom. The predicted molar refractivity (Wildman–Crippen MR) is 78.9 cm³/mol. The predicted octanol–water partition coefficient (Wildman–Crippen LogP) is 1.86. The Morgan fingerprint density at radius 1 is 1.15 bits per heavy atom.